The molecule has 5 N–H and O–H groups in total. The fourth-order valence-corrected chi connectivity index (χ4v) is 0.728. The number of halogens is 2. The number of hydrogen-bond donors (Lipinski definition) is 3. The highest BCUT2D eigenvalue weighted by atomic mass is 35.5. The van der Waals surface area contributed by atoms with E-state index in [0.29, 0.717) is 5.69 Å². The third-order valence-corrected chi connectivity index (χ3v) is 1.29. The summed E-state index contributed by atoms with van der Waals surface area (Å²) < 4.78 is 0. The number of guanidine groups is 1. The van der Waals surface area contributed by atoms with Gasteiger partial charge in [0.15, 0.2) is 0 Å². The Morgan fingerprint density at radius 3 is 2.00 bits per heavy atom. The lowest BCUT2D eigenvalue weighted by Crippen LogP contribution is -2.42. The number of rotatable bonds is 1. The van der Waals surface area contributed by atoms with Crippen LogP contribution in [0.3, 0.4) is 0 Å². The van der Waals surface area contributed by atoms with Gasteiger partial charge in [-0.25, -0.2) is 10.9 Å². The lowest BCUT2D eigenvalue weighted by molar-refractivity contribution is 1.09. The summed E-state index contributed by atoms with van der Waals surface area (Å²) in [4.78, 5) is 0. The molecule has 0 radical (unpaired) electrons. The van der Waals surface area contributed by atoms with Gasteiger partial charge >= 0.3 is 0 Å². The predicted octanol–water partition coefficient (Wildman–Crippen LogP) is 1.10. The summed E-state index contributed by atoms with van der Waals surface area (Å²) in [6, 6.07) is 9.09. The Labute approximate surface area is 89.2 Å². The van der Waals surface area contributed by atoms with E-state index in [1.807, 2.05) is 18.2 Å². The number of anilines is 1. The van der Waals surface area contributed by atoms with Gasteiger partial charge in [0.1, 0.15) is 0 Å². The summed E-state index contributed by atoms with van der Waals surface area (Å²) in [7, 11) is 0. The fraction of sp³-hybridized carbons (Fsp3) is 0. The molecule has 0 atom stereocenters. The van der Waals surface area contributed by atoms with Crippen LogP contribution >= 0.6 is 24.8 Å². The molecular weight excluding hydrogens is 211 g/mol. The maximum atomic E-state index is 7.02. The summed E-state index contributed by atoms with van der Waals surface area (Å²) in [5.41, 5.74) is 5.86. The van der Waals surface area contributed by atoms with Gasteiger partial charge in [-0.05, 0) is 12.1 Å². The van der Waals surface area contributed by atoms with Crippen LogP contribution < -0.4 is 16.6 Å². The van der Waals surface area contributed by atoms with Crippen molar-refractivity contribution in [3.05, 3.63) is 30.3 Å². The summed E-state index contributed by atoms with van der Waals surface area (Å²) in [5.74, 6) is 5.25. The Balaban J connectivity index is 0. The lowest BCUT2D eigenvalue weighted by Gasteiger charge is -2.14. The van der Waals surface area contributed by atoms with Crippen LogP contribution in [-0.4, -0.2) is 5.96 Å². The molecule has 4 nitrogen and oxygen atoms in total. The van der Waals surface area contributed by atoms with E-state index in [-0.39, 0.29) is 30.8 Å². The van der Waals surface area contributed by atoms with Gasteiger partial charge in [0, 0.05) is 0 Å². The molecule has 0 aliphatic rings. The van der Waals surface area contributed by atoms with Crippen LogP contribution in [0.25, 0.3) is 0 Å². The maximum absolute atomic E-state index is 7.02. The van der Waals surface area contributed by atoms with Crippen LogP contribution in [0.5, 0.6) is 0 Å². The van der Waals surface area contributed by atoms with Crippen molar-refractivity contribution in [1.82, 2.24) is 0 Å². The van der Waals surface area contributed by atoms with Crippen molar-refractivity contribution in [1.29, 1.82) is 5.41 Å². The summed E-state index contributed by atoms with van der Waals surface area (Å²) in [5, 5.41) is 8.13. The molecule has 1 aromatic rings. The molecule has 0 aliphatic heterocycles. The van der Waals surface area contributed by atoms with E-state index < -0.39 is 0 Å². The van der Waals surface area contributed by atoms with Crippen molar-refractivity contribution in [2.75, 3.05) is 5.01 Å². The molecule has 1 rings (SSSR count). The van der Waals surface area contributed by atoms with E-state index in [0.717, 1.165) is 5.01 Å². The molecule has 0 aromatic heterocycles. The van der Waals surface area contributed by atoms with Crippen molar-refractivity contribution in [3.63, 3.8) is 0 Å². The largest absolute Gasteiger partial charge is 0.369 e. The van der Waals surface area contributed by atoms with Crippen LogP contribution in [0.1, 0.15) is 0 Å². The van der Waals surface area contributed by atoms with E-state index in [1.54, 1.807) is 12.1 Å². The molecule has 74 valence electrons. The normalized spacial score (nSPS) is 7.77. The average Bonchev–Trinajstić information content (AvgIpc) is 2.05. The zero-order valence-corrected chi connectivity index (χ0v) is 8.44. The molecule has 13 heavy (non-hydrogen) atoms. The molecular formula is C7H12Cl2N4. The van der Waals surface area contributed by atoms with Gasteiger partial charge in [-0.1, -0.05) is 18.2 Å². The van der Waals surface area contributed by atoms with Crippen molar-refractivity contribution in [3.8, 4) is 0 Å². The average molecular weight is 223 g/mol. The molecule has 0 unspecified atom stereocenters. The van der Waals surface area contributed by atoms with Gasteiger partial charge < -0.3 is 5.73 Å². The van der Waals surface area contributed by atoms with E-state index in [9.17, 15) is 0 Å². The molecule has 6 heteroatoms. The molecule has 0 fully saturated rings. The van der Waals surface area contributed by atoms with Crippen LogP contribution in [0.4, 0.5) is 5.69 Å². The van der Waals surface area contributed by atoms with Crippen molar-refractivity contribution in [2.24, 2.45) is 11.6 Å². The number of hydrazine groups is 1. The second-order valence-electron chi connectivity index (χ2n) is 2.09. The van der Waals surface area contributed by atoms with Crippen molar-refractivity contribution >= 4 is 36.5 Å². The summed E-state index contributed by atoms with van der Waals surface area (Å²) in [6.07, 6.45) is 0. The number of benzene rings is 1. The first kappa shape index (κ1) is 14.5. The number of hydrogen-bond acceptors (Lipinski definition) is 2. The minimum Gasteiger partial charge on any atom is -0.369 e. The standard InChI is InChI=1S/C7H10N4.2ClH/c8-7(9)11(10)6-4-2-1-3-5-6;;/h1-5H,10H2,(H3,8,9);2*1H. The topological polar surface area (TPSA) is 79.1 Å². The van der Waals surface area contributed by atoms with E-state index >= 15 is 0 Å². The third kappa shape index (κ3) is 3.98. The van der Waals surface area contributed by atoms with Gasteiger partial charge in [-0.15, -0.1) is 24.8 Å². The first-order chi connectivity index (χ1) is 5.22. The predicted molar refractivity (Wildman–Crippen MR) is 59.5 cm³/mol. The van der Waals surface area contributed by atoms with Gasteiger partial charge in [0.25, 0.3) is 0 Å². The highest BCUT2D eigenvalue weighted by molar-refractivity contribution is 5.91. The van der Waals surface area contributed by atoms with Gasteiger partial charge in [0.05, 0.1) is 5.69 Å². The Kier molecular flexibility index (Phi) is 7.31. The Hall–Kier alpha value is -0.970. The van der Waals surface area contributed by atoms with Crippen LogP contribution in [0.15, 0.2) is 30.3 Å². The first-order valence-electron chi connectivity index (χ1n) is 3.15. The number of nitrogens with one attached hydrogen (secondary N) is 1. The van der Waals surface area contributed by atoms with Crippen LogP contribution in [0.2, 0.25) is 0 Å². The molecule has 0 bridgehead atoms. The van der Waals surface area contributed by atoms with Crippen LogP contribution in [0, 0.1) is 5.41 Å². The fourth-order valence-electron chi connectivity index (χ4n) is 0.728. The van der Waals surface area contributed by atoms with Crippen LogP contribution in [-0.2, 0) is 0 Å². The second-order valence-corrected chi connectivity index (χ2v) is 2.09. The lowest BCUT2D eigenvalue weighted by atomic mass is 10.3. The van der Waals surface area contributed by atoms with Crippen molar-refractivity contribution < 1.29 is 0 Å². The molecule has 1 aromatic carbocycles. The smallest absolute Gasteiger partial charge is 0.207 e. The van der Waals surface area contributed by atoms with Crippen molar-refractivity contribution in [2.45, 2.75) is 0 Å². The molecule has 0 amide bonds. The van der Waals surface area contributed by atoms with E-state index in [1.165, 1.54) is 0 Å². The van der Waals surface area contributed by atoms with Gasteiger partial charge in [0.2, 0.25) is 5.96 Å². The number of nitrogens with two attached hydrogens (primary N) is 2. The molecule has 0 aliphatic carbocycles. The second kappa shape index (κ2) is 6.54. The van der Waals surface area contributed by atoms with E-state index in [2.05, 4.69) is 0 Å². The Morgan fingerprint density at radius 2 is 1.62 bits per heavy atom. The zero-order chi connectivity index (χ0) is 8.27. The molecule has 0 saturated carbocycles. The maximum Gasteiger partial charge on any atom is 0.207 e. The van der Waals surface area contributed by atoms with Gasteiger partial charge in [-0.3, -0.25) is 5.41 Å². The van der Waals surface area contributed by atoms with E-state index in [4.69, 9.17) is 17.0 Å². The highest BCUT2D eigenvalue weighted by Gasteiger charge is 2.00. The first-order valence-corrected chi connectivity index (χ1v) is 3.15. The zero-order valence-electron chi connectivity index (χ0n) is 6.81. The monoisotopic (exact) mass is 222 g/mol. The molecule has 0 spiro atoms. The SMILES string of the molecule is Cl.Cl.N=C(N)N(N)c1ccccc1. The van der Waals surface area contributed by atoms with Gasteiger partial charge in [-0.2, -0.15) is 0 Å². The number of para-hydroxylation sites is 1. The minimum atomic E-state index is -0.170. The summed E-state index contributed by atoms with van der Waals surface area (Å²) >= 11 is 0. The summed E-state index contributed by atoms with van der Waals surface area (Å²) in [6.45, 7) is 0. The third-order valence-electron chi connectivity index (χ3n) is 1.29. The number of nitrogens with zero attached hydrogens (tertiary/aromatic N) is 1. The Morgan fingerprint density at radius 1 is 1.15 bits per heavy atom. The molecule has 0 heterocycles. The Bertz CT molecular complexity index is 252. The molecule has 0 saturated heterocycles. The highest BCUT2D eigenvalue weighted by Crippen LogP contribution is 2.07. The minimum absolute atomic E-state index is 0. The quantitative estimate of drug-likeness (QED) is 0.288.